The average molecular weight is 425 g/mol. The number of ether oxygens (including phenoxy) is 2. The van der Waals surface area contributed by atoms with Gasteiger partial charge in [-0.2, -0.15) is 0 Å². The first-order valence-corrected chi connectivity index (χ1v) is 10.3. The van der Waals surface area contributed by atoms with Gasteiger partial charge in [-0.15, -0.1) is 11.3 Å². The van der Waals surface area contributed by atoms with E-state index >= 15 is 0 Å². The highest BCUT2D eigenvalue weighted by Crippen LogP contribution is 2.28. The van der Waals surface area contributed by atoms with Crippen molar-refractivity contribution in [3.63, 3.8) is 0 Å². The lowest BCUT2D eigenvalue weighted by molar-refractivity contribution is -0.146. The van der Waals surface area contributed by atoms with Crippen LogP contribution in [-0.4, -0.2) is 29.9 Å². The fraction of sp³-hybridized carbons (Fsp3) is 0.217. The SMILES string of the molecule is COC(=O)C1Cc2ccccc2CN1C(=O)c1cc(COc2ccc(F)cc2)cs1. The van der Waals surface area contributed by atoms with E-state index in [0.29, 0.717) is 23.6 Å². The summed E-state index contributed by atoms with van der Waals surface area (Å²) in [5, 5.41) is 1.85. The lowest BCUT2D eigenvalue weighted by Gasteiger charge is -2.34. The molecule has 1 aliphatic heterocycles. The first-order valence-electron chi connectivity index (χ1n) is 9.46. The molecular formula is C23H20FNO4S. The standard InChI is InChI=1S/C23H20FNO4S/c1-28-23(27)20-11-16-4-2-3-5-17(16)12-25(20)22(26)21-10-15(14-30-21)13-29-19-8-6-18(24)7-9-19/h2-10,14,20H,11-13H2,1H3. The van der Waals surface area contributed by atoms with Gasteiger partial charge in [-0.1, -0.05) is 24.3 Å². The molecule has 0 saturated carbocycles. The van der Waals surface area contributed by atoms with Gasteiger partial charge in [-0.25, -0.2) is 9.18 Å². The van der Waals surface area contributed by atoms with Crippen LogP contribution in [0, 0.1) is 5.82 Å². The Morgan fingerprint density at radius 2 is 1.87 bits per heavy atom. The van der Waals surface area contributed by atoms with Gasteiger partial charge in [-0.3, -0.25) is 4.79 Å². The summed E-state index contributed by atoms with van der Waals surface area (Å²) in [5.41, 5.74) is 2.92. The van der Waals surface area contributed by atoms with Crippen LogP contribution in [0.1, 0.15) is 26.4 Å². The summed E-state index contributed by atoms with van der Waals surface area (Å²) in [7, 11) is 1.33. The molecule has 0 bridgehead atoms. The van der Waals surface area contributed by atoms with Crippen LogP contribution in [0.4, 0.5) is 4.39 Å². The highest BCUT2D eigenvalue weighted by atomic mass is 32.1. The number of methoxy groups -OCH3 is 1. The molecule has 2 aromatic carbocycles. The minimum absolute atomic E-state index is 0.210. The van der Waals surface area contributed by atoms with Crippen molar-refractivity contribution in [2.24, 2.45) is 0 Å². The molecule has 3 aromatic rings. The van der Waals surface area contributed by atoms with Gasteiger partial charge in [0.25, 0.3) is 5.91 Å². The van der Waals surface area contributed by atoms with Crippen LogP contribution in [-0.2, 0) is 29.1 Å². The minimum Gasteiger partial charge on any atom is -0.489 e. The molecule has 0 spiro atoms. The Bertz CT molecular complexity index is 1060. The molecule has 4 rings (SSSR count). The van der Waals surface area contributed by atoms with Gasteiger partial charge < -0.3 is 14.4 Å². The molecule has 1 aliphatic rings. The Labute approximate surface area is 177 Å². The second-order valence-corrected chi connectivity index (χ2v) is 7.92. The molecule has 5 nitrogen and oxygen atoms in total. The van der Waals surface area contributed by atoms with Crippen LogP contribution in [0.2, 0.25) is 0 Å². The molecule has 0 radical (unpaired) electrons. The molecule has 30 heavy (non-hydrogen) atoms. The number of rotatable bonds is 5. The predicted octanol–water partition coefficient (Wildman–Crippen LogP) is 4.21. The molecule has 1 amide bonds. The maximum absolute atomic E-state index is 13.2. The fourth-order valence-electron chi connectivity index (χ4n) is 3.49. The Balaban J connectivity index is 1.50. The van der Waals surface area contributed by atoms with Crippen molar-refractivity contribution in [3.8, 4) is 5.75 Å². The number of esters is 1. The molecule has 1 aromatic heterocycles. The van der Waals surface area contributed by atoms with E-state index in [1.807, 2.05) is 29.6 Å². The molecule has 0 N–H and O–H groups in total. The van der Waals surface area contributed by atoms with Crippen LogP contribution < -0.4 is 4.74 Å². The summed E-state index contributed by atoms with van der Waals surface area (Å²) in [5.74, 6) is -0.407. The van der Waals surface area contributed by atoms with Gasteiger partial charge in [0.2, 0.25) is 0 Å². The van der Waals surface area contributed by atoms with Crippen molar-refractivity contribution in [1.82, 2.24) is 4.90 Å². The van der Waals surface area contributed by atoms with Crippen LogP contribution in [0.5, 0.6) is 5.75 Å². The van der Waals surface area contributed by atoms with E-state index in [4.69, 9.17) is 9.47 Å². The summed E-state index contributed by atoms with van der Waals surface area (Å²) in [6.45, 7) is 0.618. The second-order valence-electron chi connectivity index (χ2n) is 7.01. The summed E-state index contributed by atoms with van der Waals surface area (Å²) in [6, 6.07) is 14.7. The second kappa shape index (κ2) is 8.67. The van der Waals surface area contributed by atoms with Crippen molar-refractivity contribution >= 4 is 23.2 Å². The molecule has 7 heteroatoms. The molecule has 0 aliphatic carbocycles. The van der Waals surface area contributed by atoms with Gasteiger partial charge in [0.15, 0.2) is 0 Å². The number of nitrogens with zero attached hydrogens (tertiary/aromatic N) is 1. The topological polar surface area (TPSA) is 55.8 Å². The van der Waals surface area contributed by atoms with Gasteiger partial charge in [0.05, 0.1) is 12.0 Å². The van der Waals surface area contributed by atoms with Crippen molar-refractivity contribution in [1.29, 1.82) is 0 Å². The quantitative estimate of drug-likeness (QED) is 0.575. The third-order valence-electron chi connectivity index (χ3n) is 5.07. The molecular weight excluding hydrogens is 405 g/mol. The van der Waals surface area contributed by atoms with Crippen molar-refractivity contribution < 1.29 is 23.5 Å². The van der Waals surface area contributed by atoms with E-state index in [-0.39, 0.29) is 18.3 Å². The summed E-state index contributed by atoms with van der Waals surface area (Å²) in [6.07, 6.45) is 0.431. The number of fused-ring (bicyclic) bond motifs is 1. The average Bonchev–Trinajstić information content (AvgIpc) is 3.26. The third kappa shape index (κ3) is 4.21. The molecule has 0 saturated heterocycles. The Kier molecular flexibility index (Phi) is 5.81. The van der Waals surface area contributed by atoms with Gasteiger partial charge in [0.1, 0.15) is 24.2 Å². The Hall–Kier alpha value is -3.19. The minimum atomic E-state index is -0.654. The number of thiophene rings is 1. The number of carbonyl (C=O) groups is 2. The third-order valence-corrected chi connectivity index (χ3v) is 6.03. The summed E-state index contributed by atoms with van der Waals surface area (Å²) >= 11 is 1.31. The lowest BCUT2D eigenvalue weighted by atomic mass is 9.93. The van der Waals surface area contributed by atoms with E-state index in [2.05, 4.69) is 0 Å². The summed E-state index contributed by atoms with van der Waals surface area (Å²) in [4.78, 5) is 27.7. The zero-order chi connectivity index (χ0) is 21.1. The zero-order valence-corrected chi connectivity index (χ0v) is 17.2. The molecule has 154 valence electrons. The van der Waals surface area contributed by atoms with E-state index in [1.54, 1.807) is 23.1 Å². The first kappa shape index (κ1) is 20.1. The molecule has 1 unspecified atom stereocenters. The molecule has 0 fully saturated rings. The zero-order valence-electron chi connectivity index (χ0n) is 16.3. The van der Waals surface area contributed by atoms with Crippen LogP contribution in [0.25, 0.3) is 0 Å². The van der Waals surface area contributed by atoms with E-state index in [0.717, 1.165) is 16.7 Å². The van der Waals surface area contributed by atoms with Crippen LogP contribution in [0.3, 0.4) is 0 Å². The molecule has 2 heterocycles. The number of benzene rings is 2. The predicted molar refractivity (Wildman–Crippen MR) is 111 cm³/mol. The largest absolute Gasteiger partial charge is 0.489 e. The van der Waals surface area contributed by atoms with Gasteiger partial charge in [-0.05, 0) is 46.8 Å². The maximum atomic E-state index is 13.2. The van der Waals surface area contributed by atoms with E-state index < -0.39 is 12.0 Å². The van der Waals surface area contributed by atoms with Gasteiger partial charge in [0, 0.05) is 18.5 Å². The summed E-state index contributed by atoms with van der Waals surface area (Å²) < 4.78 is 23.6. The number of halogens is 1. The highest BCUT2D eigenvalue weighted by molar-refractivity contribution is 7.12. The van der Waals surface area contributed by atoms with Crippen LogP contribution >= 0.6 is 11.3 Å². The lowest BCUT2D eigenvalue weighted by Crippen LogP contribution is -2.49. The monoisotopic (exact) mass is 425 g/mol. The highest BCUT2D eigenvalue weighted by Gasteiger charge is 2.36. The number of carbonyl (C=O) groups excluding carboxylic acids is 2. The normalized spacial score (nSPS) is 15.4. The van der Waals surface area contributed by atoms with Crippen molar-refractivity contribution in [3.05, 3.63) is 87.4 Å². The van der Waals surface area contributed by atoms with Gasteiger partial charge >= 0.3 is 5.97 Å². The maximum Gasteiger partial charge on any atom is 0.328 e. The van der Waals surface area contributed by atoms with E-state index in [1.165, 1.54) is 30.6 Å². The molecule has 1 atom stereocenters. The Morgan fingerprint density at radius 3 is 2.60 bits per heavy atom. The fourth-order valence-corrected chi connectivity index (χ4v) is 4.34. The van der Waals surface area contributed by atoms with E-state index in [9.17, 15) is 14.0 Å². The van der Waals surface area contributed by atoms with Crippen molar-refractivity contribution in [2.75, 3.05) is 7.11 Å². The van der Waals surface area contributed by atoms with Crippen LogP contribution in [0.15, 0.2) is 60.0 Å². The number of hydrogen-bond donors (Lipinski definition) is 0. The number of amides is 1. The smallest absolute Gasteiger partial charge is 0.328 e. The Morgan fingerprint density at radius 1 is 1.13 bits per heavy atom. The number of hydrogen-bond acceptors (Lipinski definition) is 5. The van der Waals surface area contributed by atoms with Crippen molar-refractivity contribution in [2.45, 2.75) is 25.6 Å². The first-order chi connectivity index (χ1) is 14.5.